The number of halogens is 1. The van der Waals surface area contributed by atoms with E-state index in [0.717, 1.165) is 24.0 Å². The lowest BCUT2D eigenvalue weighted by Crippen LogP contribution is -2.14. The van der Waals surface area contributed by atoms with Gasteiger partial charge in [-0.05, 0) is 24.0 Å². The molecule has 1 atom stereocenters. The van der Waals surface area contributed by atoms with E-state index in [1.165, 1.54) is 5.56 Å². The van der Waals surface area contributed by atoms with Crippen molar-refractivity contribution in [3.8, 4) is 12.1 Å². The number of nitriles is 2. The summed E-state index contributed by atoms with van der Waals surface area (Å²) >= 11 is 3.55. The van der Waals surface area contributed by atoms with E-state index in [4.69, 9.17) is 10.5 Å². The molecule has 0 spiro atoms. The number of rotatable bonds is 0. The Hall–Kier alpha value is -1.58. The number of benzene rings is 1. The van der Waals surface area contributed by atoms with Crippen molar-refractivity contribution in [3.05, 3.63) is 41.0 Å². The topological polar surface area (TPSA) is 47.6 Å². The molecule has 1 aliphatic rings. The lowest BCUT2D eigenvalue weighted by molar-refractivity contribution is 0.842. The quantitative estimate of drug-likeness (QED) is 0.538. The Kier molecular flexibility index (Phi) is 3.08. The van der Waals surface area contributed by atoms with Crippen molar-refractivity contribution in [1.82, 2.24) is 0 Å². The summed E-state index contributed by atoms with van der Waals surface area (Å²) in [6.07, 6.45) is 1.92. The van der Waals surface area contributed by atoms with Crippen molar-refractivity contribution in [2.45, 2.75) is 17.7 Å². The Morgan fingerprint density at radius 1 is 1.25 bits per heavy atom. The summed E-state index contributed by atoms with van der Waals surface area (Å²) < 4.78 is 0. The number of nitrogens with zero attached hydrogens (tertiary/aromatic N) is 2. The zero-order valence-corrected chi connectivity index (χ0v) is 10.2. The maximum Gasteiger partial charge on any atom is 0.134 e. The maximum atomic E-state index is 8.97. The number of allylic oxidation sites excluding steroid dienone is 2. The highest BCUT2D eigenvalue weighted by Crippen LogP contribution is 2.36. The highest BCUT2D eigenvalue weighted by Gasteiger charge is 2.24. The molecule has 1 aromatic carbocycles. The van der Waals surface area contributed by atoms with Gasteiger partial charge in [0.05, 0.1) is 0 Å². The summed E-state index contributed by atoms with van der Waals surface area (Å²) in [6, 6.07) is 11.9. The summed E-state index contributed by atoms with van der Waals surface area (Å²) in [7, 11) is 0. The minimum Gasteiger partial charge on any atom is -0.192 e. The van der Waals surface area contributed by atoms with Gasteiger partial charge in [-0.2, -0.15) is 10.5 Å². The standard InChI is InChI=1S/C13H9BrN2/c14-12-6-5-9-3-1-2-4-11(9)13(12)10(7-15)8-16/h1-4,12H,5-6H2/t12-/m0/s1. The number of hydrogen-bond donors (Lipinski definition) is 0. The molecule has 0 radical (unpaired) electrons. The van der Waals surface area contributed by atoms with E-state index < -0.39 is 0 Å². The molecular weight excluding hydrogens is 264 g/mol. The van der Waals surface area contributed by atoms with Crippen molar-refractivity contribution in [3.63, 3.8) is 0 Å². The van der Waals surface area contributed by atoms with Crippen LogP contribution in [0.4, 0.5) is 0 Å². The number of aryl methyl sites for hydroxylation is 1. The molecule has 0 heterocycles. The molecule has 78 valence electrons. The second kappa shape index (κ2) is 4.51. The average molecular weight is 273 g/mol. The Morgan fingerprint density at radius 2 is 1.94 bits per heavy atom. The predicted molar refractivity (Wildman–Crippen MR) is 65.6 cm³/mol. The fourth-order valence-electron chi connectivity index (χ4n) is 2.03. The lowest BCUT2D eigenvalue weighted by Gasteiger charge is -2.23. The van der Waals surface area contributed by atoms with Gasteiger partial charge in [0.15, 0.2) is 0 Å². The van der Waals surface area contributed by atoms with Gasteiger partial charge in [0.1, 0.15) is 17.7 Å². The van der Waals surface area contributed by atoms with Crippen molar-refractivity contribution in [2.75, 3.05) is 0 Å². The molecule has 0 amide bonds. The Bertz CT molecular complexity index is 516. The van der Waals surface area contributed by atoms with E-state index in [9.17, 15) is 0 Å². The molecule has 1 aliphatic carbocycles. The molecule has 1 aromatic rings. The van der Waals surface area contributed by atoms with E-state index in [1.54, 1.807) is 0 Å². The second-order valence-electron chi connectivity index (χ2n) is 3.68. The average Bonchev–Trinajstić information content (AvgIpc) is 2.33. The zero-order valence-electron chi connectivity index (χ0n) is 8.57. The first kappa shape index (κ1) is 10.9. The summed E-state index contributed by atoms with van der Waals surface area (Å²) in [5.74, 6) is 0. The monoisotopic (exact) mass is 272 g/mol. The summed E-state index contributed by atoms with van der Waals surface area (Å²) in [4.78, 5) is 0.108. The number of alkyl halides is 1. The van der Waals surface area contributed by atoms with Crippen LogP contribution < -0.4 is 0 Å². The SMILES string of the molecule is N#CC(C#N)=C1c2ccccc2CC[C@@H]1Br. The van der Waals surface area contributed by atoms with Gasteiger partial charge in [-0.1, -0.05) is 40.2 Å². The van der Waals surface area contributed by atoms with Gasteiger partial charge >= 0.3 is 0 Å². The molecule has 2 nitrogen and oxygen atoms in total. The van der Waals surface area contributed by atoms with Crippen LogP contribution in [0, 0.1) is 22.7 Å². The first-order valence-electron chi connectivity index (χ1n) is 5.04. The van der Waals surface area contributed by atoms with E-state index in [0.29, 0.717) is 0 Å². The van der Waals surface area contributed by atoms with Crippen molar-refractivity contribution < 1.29 is 0 Å². The number of hydrogen-bond acceptors (Lipinski definition) is 2. The van der Waals surface area contributed by atoms with Crippen molar-refractivity contribution in [2.24, 2.45) is 0 Å². The fourth-order valence-corrected chi connectivity index (χ4v) is 2.74. The zero-order chi connectivity index (χ0) is 11.5. The smallest absolute Gasteiger partial charge is 0.134 e. The van der Waals surface area contributed by atoms with Crippen LogP contribution in [0.5, 0.6) is 0 Å². The molecule has 0 N–H and O–H groups in total. The summed E-state index contributed by atoms with van der Waals surface area (Å²) in [6.45, 7) is 0. The van der Waals surface area contributed by atoms with Gasteiger partial charge in [0.2, 0.25) is 0 Å². The molecule has 0 saturated heterocycles. The van der Waals surface area contributed by atoms with E-state index in [2.05, 4.69) is 22.0 Å². The first-order chi connectivity index (χ1) is 7.77. The van der Waals surface area contributed by atoms with Gasteiger partial charge in [0, 0.05) is 10.4 Å². The van der Waals surface area contributed by atoms with Crippen LogP contribution in [-0.4, -0.2) is 4.83 Å². The first-order valence-corrected chi connectivity index (χ1v) is 5.96. The third kappa shape index (κ3) is 1.75. The van der Waals surface area contributed by atoms with Crippen LogP contribution in [-0.2, 0) is 6.42 Å². The molecule has 0 unspecified atom stereocenters. The molecular formula is C13H9BrN2. The third-order valence-electron chi connectivity index (χ3n) is 2.78. The van der Waals surface area contributed by atoms with Crippen molar-refractivity contribution >= 4 is 21.5 Å². The maximum absolute atomic E-state index is 8.97. The van der Waals surface area contributed by atoms with Crippen LogP contribution in [0.3, 0.4) is 0 Å². The molecule has 0 aromatic heterocycles. The minimum absolute atomic E-state index is 0.108. The minimum atomic E-state index is 0.108. The Balaban J connectivity index is 2.68. The van der Waals surface area contributed by atoms with Gasteiger partial charge in [0.25, 0.3) is 0 Å². The number of fused-ring (bicyclic) bond motifs is 1. The third-order valence-corrected chi connectivity index (χ3v) is 3.70. The summed E-state index contributed by atoms with van der Waals surface area (Å²) in [5.41, 5.74) is 3.31. The highest BCUT2D eigenvalue weighted by molar-refractivity contribution is 9.09. The predicted octanol–water partition coefficient (Wildman–Crippen LogP) is 3.20. The van der Waals surface area contributed by atoms with Crippen LogP contribution in [0.15, 0.2) is 29.8 Å². The van der Waals surface area contributed by atoms with Crippen LogP contribution >= 0.6 is 15.9 Å². The Labute approximate surface area is 103 Å². The largest absolute Gasteiger partial charge is 0.192 e. The fraction of sp³-hybridized carbons (Fsp3) is 0.231. The van der Waals surface area contributed by atoms with Gasteiger partial charge in [-0.25, -0.2) is 0 Å². The molecule has 16 heavy (non-hydrogen) atoms. The van der Waals surface area contributed by atoms with E-state index in [1.807, 2.05) is 30.3 Å². The van der Waals surface area contributed by atoms with Crippen LogP contribution in [0.2, 0.25) is 0 Å². The van der Waals surface area contributed by atoms with Crippen LogP contribution in [0.1, 0.15) is 17.5 Å². The Morgan fingerprint density at radius 3 is 2.62 bits per heavy atom. The molecule has 0 aliphatic heterocycles. The van der Waals surface area contributed by atoms with E-state index >= 15 is 0 Å². The van der Waals surface area contributed by atoms with E-state index in [-0.39, 0.29) is 10.4 Å². The molecule has 2 rings (SSSR count). The van der Waals surface area contributed by atoms with Crippen molar-refractivity contribution in [1.29, 1.82) is 10.5 Å². The van der Waals surface area contributed by atoms with Gasteiger partial charge in [-0.3, -0.25) is 0 Å². The van der Waals surface area contributed by atoms with Crippen LogP contribution in [0.25, 0.3) is 5.57 Å². The van der Waals surface area contributed by atoms with Gasteiger partial charge in [-0.15, -0.1) is 0 Å². The molecule has 0 fully saturated rings. The highest BCUT2D eigenvalue weighted by atomic mass is 79.9. The summed E-state index contributed by atoms with van der Waals surface area (Å²) in [5, 5.41) is 17.9. The molecule has 3 heteroatoms. The second-order valence-corrected chi connectivity index (χ2v) is 4.78. The van der Waals surface area contributed by atoms with Gasteiger partial charge < -0.3 is 0 Å². The normalized spacial score (nSPS) is 18.2. The molecule has 0 saturated carbocycles. The molecule has 0 bridgehead atoms. The lowest BCUT2D eigenvalue weighted by atomic mass is 9.85.